The molecule has 0 spiro atoms. The van der Waals surface area contributed by atoms with Crippen molar-refractivity contribution in [2.24, 2.45) is 0 Å². The van der Waals surface area contributed by atoms with Crippen LogP contribution in [-0.4, -0.2) is 82.9 Å². The van der Waals surface area contributed by atoms with E-state index in [9.17, 15) is 16.8 Å². The van der Waals surface area contributed by atoms with Crippen LogP contribution in [-0.2, 0) is 20.2 Å². The molecule has 0 aliphatic carbocycles. The average molecular weight is 294 g/mol. The van der Waals surface area contributed by atoms with Gasteiger partial charge < -0.3 is 0 Å². The summed E-state index contributed by atoms with van der Waals surface area (Å²) in [5.41, 5.74) is 0. The van der Waals surface area contributed by atoms with Crippen molar-refractivity contribution in [2.75, 3.05) is 11.5 Å². The fourth-order valence-electron chi connectivity index (χ4n) is 0.424. The third-order valence-corrected chi connectivity index (χ3v) is 2.41. The zero-order chi connectivity index (χ0) is 9.12. The quantitative estimate of drug-likeness (QED) is 0.469. The van der Waals surface area contributed by atoms with Crippen LogP contribution in [0, 0.1) is 0 Å². The topological polar surface area (TPSA) is 109 Å². The van der Waals surface area contributed by atoms with E-state index in [0.29, 0.717) is 0 Å². The second-order valence-corrected chi connectivity index (χ2v) is 5.07. The standard InChI is InChI=1S/C3H8O6S2.Sr.2H/c4-10(5,6)2-1-3-11(7,8)9;;;/h1-3H2,(H,4,5,6)(H,7,8,9);;;. The average Bonchev–Trinajstić information content (AvgIpc) is 1.55. The van der Waals surface area contributed by atoms with E-state index in [1.165, 1.54) is 0 Å². The van der Waals surface area contributed by atoms with E-state index in [0.717, 1.165) is 0 Å². The Morgan fingerprint density at radius 2 is 1.08 bits per heavy atom. The van der Waals surface area contributed by atoms with Gasteiger partial charge in [0.2, 0.25) is 0 Å². The van der Waals surface area contributed by atoms with Gasteiger partial charge in [-0.1, -0.05) is 0 Å². The second-order valence-electron chi connectivity index (χ2n) is 1.93. The van der Waals surface area contributed by atoms with Crippen molar-refractivity contribution >= 4 is 65.7 Å². The van der Waals surface area contributed by atoms with E-state index >= 15 is 0 Å². The maximum atomic E-state index is 10.00. The van der Waals surface area contributed by atoms with Gasteiger partial charge in [-0.3, -0.25) is 9.11 Å². The van der Waals surface area contributed by atoms with Crippen molar-refractivity contribution in [3.05, 3.63) is 0 Å². The van der Waals surface area contributed by atoms with Crippen molar-refractivity contribution in [1.82, 2.24) is 0 Å². The molecule has 0 aromatic rings. The van der Waals surface area contributed by atoms with Crippen molar-refractivity contribution in [2.45, 2.75) is 6.42 Å². The van der Waals surface area contributed by atoms with Crippen molar-refractivity contribution < 1.29 is 25.9 Å². The van der Waals surface area contributed by atoms with Crippen molar-refractivity contribution in [3.63, 3.8) is 0 Å². The van der Waals surface area contributed by atoms with Gasteiger partial charge in [-0.25, -0.2) is 0 Å². The number of hydrogen-bond acceptors (Lipinski definition) is 4. The van der Waals surface area contributed by atoms with E-state index < -0.39 is 31.7 Å². The number of rotatable bonds is 4. The van der Waals surface area contributed by atoms with E-state index in [1.54, 1.807) is 0 Å². The van der Waals surface area contributed by atoms with Gasteiger partial charge in [0.15, 0.2) is 0 Å². The van der Waals surface area contributed by atoms with Crippen LogP contribution in [0.15, 0.2) is 0 Å². The monoisotopic (exact) mass is 294 g/mol. The van der Waals surface area contributed by atoms with Gasteiger partial charge in [-0.2, -0.15) is 16.8 Å². The molecule has 0 saturated carbocycles. The van der Waals surface area contributed by atoms with E-state index in [4.69, 9.17) is 9.11 Å². The number of hydrogen-bond donors (Lipinski definition) is 2. The molecule has 0 atom stereocenters. The fourth-order valence-corrected chi connectivity index (χ4v) is 1.62. The molecule has 2 N–H and O–H groups in total. The molecule has 0 aromatic heterocycles. The van der Waals surface area contributed by atoms with Crippen LogP contribution in [0.3, 0.4) is 0 Å². The Morgan fingerprint density at radius 3 is 1.25 bits per heavy atom. The van der Waals surface area contributed by atoms with Crippen molar-refractivity contribution in [1.29, 1.82) is 0 Å². The molecule has 0 amide bonds. The van der Waals surface area contributed by atoms with Crippen molar-refractivity contribution in [3.8, 4) is 0 Å². The Balaban J connectivity index is 0. The normalized spacial score (nSPS) is 12.2. The molecular weight excluding hydrogens is 284 g/mol. The minimum atomic E-state index is -4.12. The van der Waals surface area contributed by atoms with Crippen LogP contribution >= 0.6 is 0 Å². The first-order valence-corrected chi connectivity index (χ1v) is 5.83. The molecule has 9 heteroatoms. The second kappa shape index (κ2) is 5.91. The zero-order valence-electron chi connectivity index (χ0n) is 5.47. The first kappa shape index (κ1) is 15.8. The summed E-state index contributed by atoms with van der Waals surface area (Å²) in [5.74, 6) is -1.32. The predicted molar refractivity (Wildman–Crippen MR) is 46.0 cm³/mol. The molecule has 0 aromatic carbocycles. The molecule has 0 aliphatic rings. The fraction of sp³-hybridized carbons (Fsp3) is 1.00. The Hall–Kier alpha value is 1.30. The molecule has 0 aliphatic heterocycles. The summed E-state index contributed by atoms with van der Waals surface area (Å²) in [7, 11) is -8.24. The van der Waals surface area contributed by atoms with Crippen LogP contribution in [0.2, 0.25) is 0 Å². The molecule has 72 valence electrons. The van der Waals surface area contributed by atoms with Crippen LogP contribution in [0.25, 0.3) is 0 Å². The van der Waals surface area contributed by atoms with Gasteiger partial charge >= 0.3 is 45.5 Å². The Kier molecular flexibility index (Phi) is 7.76. The summed E-state index contributed by atoms with van der Waals surface area (Å²) >= 11 is 0. The molecule has 0 radical (unpaired) electrons. The molecule has 0 heterocycles. The Morgan fingerprint density at radius 1 is 0.833 bits per heavy atom. The zero-order valence-corrected chi connectivity index (χ0v) is 7.10. The Labute approximate surface area is 108 Å². The summed E-state index contributed by atoms with van der Waals surface area (Å²) < 4.78 is 56.2. The van der Waals surface area contributed by atoms with Gasteiger partial charge in [-0.05, 0) is 6.42 Å². The first-order valence-electron chi connectivity index (χ1n) is 2.61. The molecular formula is C3H10O6S2Sr. The van der Waals surface area contributed by atoms with Crippen LogP contribution in [0.4, 0.5) is 0 Å². The van der Waals surface area contributed by atoms with Crippen LogP contribution < -0.4 is 0 Å². The van der Waals surface area contributed by atoms with Gasteiger partial charge in [0.05, 0.1) is 11.5 Å². The minimum absolute atomic E-state index is 0. The molecule has 0 rings (SSSR count). The maximum absolute atomic E-state index is 10.00. The van der Waals surface area contributed by atoms with E-state index in [2.05, 4.69) is 0 Å². The third-order valence-electron chi connectivity index (χ3n) is 0.805. The van der Waals surface area contributed by atoms with E-state index in [1.807, 2.05) is 0 Å². The Bertz CT molecular complexity index is 270. The SMILES string of the molecule is O=S(=O)(O)CCCS(=O)(=O)O.[SrH2]. The van der Waals surface area contributed by atoms with E-state index in [-0.39, 0.29) is 51.9 Å². The summed E-state index contributed by atoms with van der Waals surface area (Å²) in [6.45, 7) is 0. The van der Waals surface area contributed by atoms with Gasteiger partial charge in [0.25, 0.3) is 20.2 Å². The molecule has 0 fully saturated rings. The summed E-state index contributed by atoms with van der Waals surface area (Å²) in [4.78, 5) is 0. The van der Waals surface area contributed by atoms with Gasteiger partial charge in [-0.15, -0.1) is 0 Å². The summed E-state index contributed by atoms with van der Waals surface area (Å²) in [6.07, 6.45) is -0.308. The van der Waals surface area contributed by atoms with Gasteiger partial charge in [0, 0.05) is 0 Å². The first-order chi connectivity index (χ1) is 4.71. The molecule has 0 unspecified atom stereocenters. The predicted octanol–water partition coefficient (Wildman–Crippen LogP) is -1.76. The molecule has 0 bridgehead atoms. The summed E-state index contributed by atoms with van der Waals surface area (Å²) in [6, 6.07) is 0. The summed E-state index contributed by atoms with van der Waals surface area (Å²) in [5, 5.41) is 0. The molecule has 0 saturated heterocycles. The molecule has 6 nitrogen and oxygen atoms in total. The van der Waals surface area contributed by atoms with Gasteiger partial charge in [0.1, 0.15) is 0 Å². The van der Waals surface area contributed by atoms with Crippen LogP contribution in [0.5, 0.6) is 0 Å². The van der Waals surface area contributed by atoms with Crippen LogP contribution in [0.1, 0.15) is 6.42 Å². The third kappa shape index (κ3) is 13.9. The molecule has 12 heavy (non-hydrogen) atoms.